The highest BCUT2D eigenvalue weighted by Crippen LogP contribution is 2.39. The Morgan fingerprint density at radius 3 is 1.95 bits per heavy atom. The molecule has 2 aliphatic carbocycles. The lowest BCUT2D eigenvalue weighted by Gasteiger charge is -2.36. The van der Waals surface area contributed by atoms with Crippen molar-refractivity contribution in [1.29, 1.82) is 0 Å². The van der Waals surface area contributed by atoms with Gasteiger partial charge in [-0.15, -0.1) is 0 Å². The van der Waals surface area contributed by atoms with Crippen LogP contribution >= 0.6 is 0 Å². The van der Waals surface area contributed by atoms with Crippen molar-refractivity contribution in [3.05, 3.63) is 11.3 Å². The molecule has 0 radical (unpaired) electrons. The van der Waals surface area contributed by atoms with Crippen LogP contribution in [0, 0.1) is 11.8 Å². The van der Waals surface area contributed by atoms with Crippen LogP contribution in [-0.2, 0) is 38.1 Å². The average Bonchev–Trinajstić information content (AvgIpc) is 3.55. The topological polar surface area (TPSA) is 120 Å². The van der Waals surface area contributed by atoms with Crippen molar-refractivity contribution >= 4 is 23.3 Å². The zero-order valence-corrected chi connectivity index (χ0v) is 24.4. The normalized spacial score (nSPS) is 24.5. The first-order valence-corrected chi connectivity index (χ1v) is 14.3. The summed E-state index contributed by atoms with van der Waals surface area (Å²) in [7, 11) is 0. The second kappa shape index (κ2) is 13.5. The Bertz CT molecular complexity index is 943. The first-order valence-electron chi connectivity index (χ1n) is 14.3. The number of nitrogens with zero attached hydrogens (tertiary/aromatic N) is 1. The lowest BCUT2D eigenvalue weighted by atomic mass is 9.81. The van der Waals surface area contributed by atoms with Gasteiger partial charge in [0.05, 0.1) is 32.3 Å². The number of hydrogen-bond donors (Lipinski definition) is 1. The molecule has 2 aliphatic heterocycles. The summed E-state index contributed by atoms with van der Waals surface area (Å²) >= 11 is 0. The number of nitrogens with one attached hydrogen (secondary N) is 1. The summed E-state index contributed by atoms with van der Waals surface area (Å²) < 4.78 is 22.5. The van der Waals surface area contributed by atoms with Crippen LogP contribution in [-0.4, -0.2) is 85.3 Å². The van der Waals surface area contributed by atoms with E-state index < -0.39 is 17.5 Å². The summed E-state index contributed by atoms with van der Waals surface area (Å²) in [5.74, 6) is -1.62. The Hall–Kier alpha value is -2.14. The number of Topliss-reactive ketones (excluding diaryl/α,β-unsaturated/α-hetero) is 3. The second-order valence-corrected chi connectivity index (χ2v) is 11.1. The van der Waals surface area contributed by atoms with Gasteiger partial charge in [-0.2, -0.15) is 0 Å². The number of hydrogen-bond acceptors (Lipinski definition) is 9. The number of likely N-dealkylation sites (N-methyl/N-ethyl adjacent to an activating group) is 1. The van der Waals surface area contributed by atoms with E-state index in [4.69, 9.17) is 18.9 Å². The molecule has 0 aromatic carbocycles. The van der Waals surface area contributed by atoms with Gasteiger partial charge in [0, 0.05) is 56.5 Å². The summed E-state index contributed by atoms with van der Waals surface area (Å²) in [6.45, 7) is 14.7. The fraction of sp³-hybridized carbons (Fsp3) is 0.793. The molecule has 1 N–H and O–H groups in total. The molecule has 10 nitrogen and oxygen atoms in total. The van der Waals surface area contributed by atoms with Gasteiger partial charge in [-0.25, -0.2) is 0 Å². The van der Waals surface area contributed by atoms with Crippen LogP contribution in [0.2, 0.25) is 0 Å². The van der Waals surface area contributed by atoms with Crippen molar-refractivity contribution in [3.63, 3.8) is 0 Å². The van der Waals surface area contributed by atoms with Gasteiger partial charge in [0.25, 0.3) is 0 Å². The highest BCUT2D eigenvalue weighted by atomic mass is 16.7. The fourth-order valence-corrected chi connectivity index (χ4v) is 5.75. The van der Waals surface area contributed by atoms with E-state index in [1.807, 2.05) is 32.6 Å². The molecule has 10 heteroatoms. The number of rotatable bonds is 8. The molecular formula is C29H46N2O8. The van der Waals surface area contributed by atoms with Crippen molar-refractivity contribution in [3.8, 4) is 0 Å². The second-order valence-electron chi connectivity index (χ2n) is 11.1. The highest BCUT2D eigenvalue weighted by molar-refractivity contribution is 6.02. The van der Waals surface area contributed by atoms with Crippen LogP contribution in [0.25, 0.3) is 0 Å². The molecular weight excluding hydrogens is 504 g/mol. The van der Waals surface area contributed by atoms with Gasteiger partial charge in [0.15, 0.2) is 17.4 Å². The van der Waals surface area contributed by atoms with Crippen molar-refractivity contribution < 1.29 is 38.1 Å². The van der Waals surface area contributed by atoms with Crippen LogP contribution in [0.15, 0.2) is 11.3 Å². The molecule has 0 bridgehead atoms. The van der Waals surface area contributed by atoms with Gasteiger partial charge in [0.2, 0.25) is 5.91 Å². The van der Waals surface area contributed by atoms with E-state index in [9.17, 15) is 19.2 Å². The highest BCUT2D eigenvalue weighted by Gasteiger charge is 2.46. The summed E-state index contributed by atoms with van der Waals surface area (Å²) in [6.07, 6.45) is 3.20. The number of amides is 1. The first-order chi connectivity index (χ1) is 18.5. The molecule has 4 rings (SSSR count). The van der Waals surface area contributed by atoms with Gasteiger partial charge in [-0.05, 0) is 40.0 Å². The van der Waals surface area contributed by atoms with Crippen molar-refractivity contribution in [2.45, 2.75) is 97.7 Å². The minimum Gasteiger partial charge on any atom is -0.377 e. The maximum Gasteiger partial charge on any atom is 0.245 e. The number of ether oxygens (including phenoxy) is 4. The number of ketones is 3. The predicted molar refractivity (Wildman–Crippen MR) is 144 cm³/mol. The van der Waals surface area contributed by atoms with E-state index >= 15 is 0 Å². The summed E-state index contributed by atoms with van der Waals surface area (Å²) in [5, 5.41) is 3.40. The van der Waals surface area contributed by atoms with E-state index in [0.717, 1.165) is 5.70 Å². The summed E-state index contributed by atoms with van der Waals surface area (Å²) in [5.41, 5.74) is 1.57. The third-order valence-electron chi connectivity index (χ3n) is 8.10. The molecule has 2 saturated heterocycles. The Morgan fingerprint density at radius 2 is 1.46 bits per heavy atom. The average molecular weight is 551 g/mol. The molecule has 0 aromatic heterocycles. The van der Waals surface area contributed by atoms with Gasteiger partial charge < -0.3 is 29.2 Å². The Morgan fingerprint density at radius 1 is 0.923 bits per heavy atom. The number of allylic oxidation sites excluding steroid dienone is 1. The van der Waals surface area contributed by atoms with Crippen molar-refractivity contribution in [2.75, 3.05) is 39.5 Å². The molecule has 220 valence electrons. The molecule has 1 unspecified atom stereocenters. The minimum absolute atomic E-state index is 0.0125. The maximum atomic E-state index is 12.9. The molecule has 1 amide bonds. The Labute approximate surface area is 232 Å². The lowest BCUT2D eigenvalue weighted by molar-refractivity contribution is -0.190. The van der Waals surface area contributed by atoms with E-state index in [1.54, 1.807) is 6.92 Å². The van der Waals surface area contributed by atoms with Crippen LogP contribution in [0.3, 0.4) is 0 Å². The van der Waals surface area contributed by atoms with E-state index in [0.29, 0.717) is 83.6 Å². The first kappa shape index (κ1) is 31.4. The number of carbonyl (C=O) groups is 4. The maximum absolute atomic E-state index is 12.9. The van der Waals surface area contributed by atoms with Gasteiger partial charge >= 0.3 is 0 Å². The largest absolute Gasteiger partial charge is 0.377 e. The molecule has 1 saturated carbocycles. The van der Waals surface area contributed by atoms with E-state index in [2.05, 4.69) is 5.32 Å². The van der Waals surface area contributed by atoms with Gasteiger partial charge in [0.1, 0.15) is 17.6 Å². The third kappa shape index (κ3) is 7.54. The van der Waals surface area contributed by atoms with Crippen LogP contribution < -0.4 is 5.32 Å². The third-order valence-corrected chi connectivity index (χ3v) is 8.10. The minimum atomic E-state index is -0.650. The zero-order chi connectivity index (χ0) is 28.8. The zero-order valence-electron chi connectivity index (χ0n) is 24.4. The Balaban J connectivity index is 0.000000252. The molecule has 2 spiro atoms. The van der Waals surface area contributed by atoms with E-state index in [-0.39, 0.29) is 35.2 Å². The molecule has 39 heavy (non-hydrogen) atoms. The quantitative estimate of drug-likeness (QED) is 0.455. The van der Waals surface area contributed by atoms with Gasteiger partial charge in [-0.1, -0.05) is 13.8 Å². The molecule has 2 heterocycles. The monoisotopic (exact) mass is 550 g/mol. The fourth-order valence-electron chi connectivity index (χ4n) is 5.75. The predicted octanol–water partition coefficient (Wildman–Crippen LogP) is 2.93. The summed E-state index contributed by atoms with van der Waals surface area (Å²) in [6, 6.07) is -0.330. The van der Waals surface area contributed by atoms with Crippen LogP contribution in [0.4, 0.5) is 0 Å². The standard InChI is InChI=1S/C19H32N2O4.C10H14O4/c1-6-21(7-2)18(23)17(13(3)4)20-16-8-9-19(24-10-11-25-19)12-15(16)14(5)22;1-7(11)8-6-10(3-2-9(8)12)13-4-5-14-10/h13,17,20H,6-12H2,1-5H3;8H,2-6H2,1H3/t17-;/m0./s1. The molecule has 0 aromatic rings. The molecule has 3 fully saturated rings. The number of carbonyl (C=O) groups excluding carboxylic acids is 4. The van der Waals surface area contributed by atoms with Gasteiger partial charge in [-0.3, -0.25) is 19.2 Å². The summed E-state index contributed by atoms with van der Waals surface area (Å²) in [4.78, 5) is 49.6. The SMILES string of the molecule is CC(=O)C1CC2(CCC1=O)OCCO2.CCN(CC)C(=O)[C@@H](NC1=C(C(C)=O)CC2(CC1)OCCO2)C(C)C. The van der Waals surface area contributed by atoms with Crippen LogP contribution in [0.1, 0.15) is 80.1 Å². The van der Waals surface area contributed by atoms with Crippen LogP contribution in [0.5, 0.6) is 0 Å². The molecule has 4 aliphatic rings. The Kier molecular flexibility index (Phi) is 10.8. The molecule has 2 atom stereocenters. The smallest absolute Gasteiger partial charge is 0.245 e. The van der Waals surface area contributed by atoms with E-state index in [1.165, 1.54) is 6.92 Å². The lowest BCUT2D eigenvalue weighted by Crippen LogP contribution is -2.50. The van der Waals surface area contributed by atoms with Crippen molar-refractivity contribution in [2.24, 2.45) is 11.8 Å². The van der Waals surface area contributed by atoms with Crippen molar-refractivity contribution in [1.82, 2.24) is 10.2 Å².